The Morgan fingerprint density at radius 2 is 1.88 bits per heavy atom. The molecule has 0 radical (unpaired) electrons. The zero-order chi connectivity index (χ0) is 16.9. The van der Waals surface area contributed by atoms with Gasteiger partial charge >= 0.3 is 0 Å². The van der Waals surface area contributed by atoms with E-state index in [1.165, 1.54) is 0 Å². The van der Waals surface area contributed by atoms with Gasteiger partial charge in [-0.15, -0.1) is 0 Å². The van der Waals surface area contributed by atoms with Gasteiger partial charge in [-0.25, -0.2) is 0 Å². The summed E-state index contributed by atoms with van der Waals surface area (Å²) >= 11 is 0. The van der Waals surface area contributed by atoms with Gasteiger partial charge in [0.1, 0.15) is 17.2 Å². The van der Waals surface area contributed by atoms with Crippen molar-refractivity contribution in [3.8, 4) is 17.2 Å². The van der Waals surface area contributed by atoms with Crippen molar-refractivity contribution in [2.24, 2.45) is 5.73 Å². The molecule has 0 aromatic heterocycles. The first kappa shape index (κ1) is 16.8. The van der Waals surface area contributed by atoms with E-state index in [2.05, 4.69) is 11.0 Å². The first-order valence-electron chi connectivity index (χ1n) is 8.21. The van der Waals surface area contributed by atoms with Gasteiger partial charge in [0.05, 0.1) is 13.2 Å². The molecule has 1 aliphatic heterocycles. The minimum absolute atomic E-state index is 0.106. The van der Waals surface area contributed by atoms with Gasteiger partial charge in [-0.05, 0) is 48.4 Å². The minimum atomic E-state index is -0.447. The number of aliphatic hydroxyl groups excluding tert-OH is 1. The third-order valence-electron chi connectivity index (χ3n) is 4.32. The van der Waals surface area contributed by atoms with Crippen LogP contribution in [0.2, 0.25) is 0 Å². The number of β-amino-alcohol motifs (C(OH)–C–C–N with tert-alkyl or cyclic N) is 1. The zero-order valence-electron chi connectivity index (χ0n) is 13.9. The van der Waals surface area contributed by atoms with Crippen LogP contribution in [-0.4, -0.2) is 42.4 Å². The van der Waals surface area contributed by atoms with Crippen LogP contribution in [0.3, 0.4) is 0 Å². The summed E-state index contributed by atoms with van der Waals surface area (Å²) in [6.07, 6.45) is 0.376. The summed E-state index contributed by atoms with van der Waals surface area (Å²) in [4.78, 5) is 2.22. The lowest BCUT2D eigenvalue weighted by Gasteiger charge is -2.34. The molecule has 1 fully saturated rings. The van der Waals surface area contributed by atoms with E-state index in [-0.39, 0.29) is 6.04 Å². The molecule has 0 amide bonds. The minimum Gasteiger partial charge on any atom is -0.497 e. The van der Waals surface area contributed by atoms with Crippen LogP contribution in [0, 0.1) is 0 Å². The van der Waals surface area contributed by atoms with Gasteiger partial charge in [-0.3, -0.25) is 4.90 Å². The zero-order valence-corrected chi connectivity index (χ0v) is 13.9. The lowest BCUT2D eigenvalue weighted by Crippen LogP contribution is -2.50. The van der Waals surface area contributed by atoms with Gasteiger partial charge in [0.2, 0.25) is 0 Å². The van der Waals surface area contributed by atoms with Crippen molar-refractivity contribution in [3.63, 3.8) is 0 Å². The second kappa shape index (κ2) is 7.66. The fourth-order valence-electron chi connectivity index (χ4n) is 2.90. The lowest BCUT2D eigenvalue weighted by atomic mass is 10.0. The number of ether oxygens (including phenoxy) is 2. The molecule has 2 aromatic rings. The van der Waals surface area contributed by atoms with Crippen molar-refractivity contribution < 1.29 is 14.6 Å². The molecule has 5 nitrogen and oxygen atoms in total. The normalized spacial score (nSPS) is 21.5. The van der Waals surface area contributed by atoms with Gasteiger partial charge in [-0.1, -0.05) is 12.1 Å². The van der Waals surface area contributed by atoms with Gasteiger partial charge in [-0.2, -0.15) is 0 Å². The Balaban J connectivity index is 1.63. The Labute approximate surface area is 142 Å². The molecule has 0 bridgehead atoms. The van der Waals surface area contributed by atoms with Gasteiger partial charge in [0.15, 0.2) is 0 Å². The number of likely N-dealkylation sites (tertiary alicyclic amines) is 1. The van der Waals surface area contributed by atoms with E-state index in [0.717, 1.165) is 42.3 Å². The summed E-state index contributed by atoms with van der Waals surface area (Å²) in [5, 5.41) is 9.92. The summed E-state index contributed by atoms with van der Waals surface area (Å²) in [5.41, 5.74) is 7.02. The average Bonchev–Trinajstić information content (AvgIpc) is 2.59. The summed E-state index contributed by atoms with van der Waals surface area (Å²) < 4.78 is 11.1. The topological polar surface area (TPSA) is 68.0 Å². The number of piperidine rings is 1. The van der Waals surface area contributed by atoms with E-state index < -0.39 is 6.10 Å². The Morgan fingerprint density at radius 3 is 2.58 bits per heavy atom. The van der Waals surface area contributed by atoms with Crippen molar-refractivity contribution >= 4 is 0 Å². The van der Waals surface area contributed by atoms with Crippen molar-refractivity contribution in [1.82, 2.24) is 4.90 Å². The van der Waals surface area contributed by atoms with E-state index >= 15 is 0 Å². The Kier molecular flexibility index (Phi) is 5.35. The van der Waals surface area contributed by atoms with Crippen LogP contribution in [-0.2, 0) is 6.54 Å². The van der Waals surface area contributed by atoms with Crippen LogP contribution in [0.15, 0.2) is 48.5 Å². The van der Waals surface area contributed by atoms with Gasteiger partial charge in [0, 0.05) is 25.7 Å². The predicted octanol–water partition coefficient (Wildman–Crippen LogP) is 2.38. The standard InChI is InChI=1S/C19H24N2O3/c1-23-15-5-7-16(8-6-15)24-17-4-2-3-14(11-17)12-21-10-9-18(20)19(22)13-21/h2-8,11,18-19,22H,9-10,12-13,20H2,1H3/t18-,19-/m1/s1. The molecule has 1 saturated heterocycles. The number of hydrogen-bond acceptors (Lipinski definition) is 5. The van der Waals surface area contributed by atoms with Crippen LogP contribution < -0.4 is 15.2 Å². The highest BCUT2D eigenvalue weighted by molar-refractivity contribution is 5.36. The number of benzene rings is 2. The number of methoxy groups -OCH3 is 1. The maximum Gasteiger partial charge on any atom is 0.127 e. The lowest BCUT2D eigenvalue weighted by molar-refractivity contribution is 0.0499. The molecular formula is C19H24N2O3. The van der Waals surface area contributed by atoms with Crippen LogP contribution >= 0.6 is 0 Å². The molecule has 1 heterocycles. The molecule has 1 aliphatic rings. The smallest absolute Gasteiger partial charge is 0.127 e. The van der Waals surface area contributed by atoms with Crippen molar-refractivity contribution in [2.45, 2.75) is 25.1 Å². The summed E-state index contributed by atoms with van der Waals surface area (Å²) in [5.74, 6) is 2.37. The van der Waals surface area contributed by atoms with Crippen LogP contribution in [0.25, 0.3) is 0 Å². The van der Waals surface area contributed by atoms with E-state index in [0.29, 0.717) is 6.54 Å². The first-order valence-corrected chi connectivity index (χ1v) is 8.21. The Morgan fingerprint density at radius 1 is 1.12 bits per heavy atom. The molecule has 0 aliphatic carbocycles. The molecule has 128 valence electrons. The number of nitrogens with zero attached hydrogens (tertiary/aromatic N) is 1. The average molecular weight is 328 g/mol. The van der Waals surface area contributed by atoms with E-state index in [4.69, 9.17) is 15.2 Å². The molecule has 2 atom stereocenters. The fraction of sp³-hybridized carbons (Fsp3) is 0.368. The highest BCUT2D eigenvalue weighted by Gasteiger charge is 2.24. The Bertz CT molecular complexity index is 660. The molecule has 2 aromatic carbocycles. The molecule has 3 rings (SSSR count). The van der Waals surface area contributed by atoms with E-state index in [9.17, 15) is 5.11 Å². The second-order valence-electron chi connectivity index (χ2n) is 6.18. The van der Waals surface area contributed by atoms with Crippen LogP contribution in [0.1, 0.15) is 12.0 Å². The van der Waals surface area contributed by atoms with Crippen molar-refractivity contribution in [2.75, 3.05) is 20.2 Å². The van der Waals surface area contributed by atoms with Crippen molar-refractivity contribution in [1.29, 1.82) is 0 Å². The third-order valence-corrected chi connectivity index (χ3v) is 4.32. The second-order valence-corrected chi connectivity index (χ2v) is 6.18. The third kappa shape index (κ3) is 4.26. The fourth-order valence-corrected chi connectivity index (χ4v) is 2.90. The highest BCUT2D eigenvalue weighted by Crippen LogP contribution is 2.25. The molecule has 0 saturated carbocycles. The summed E-state index contributed by atoms with van der Waals surface area (Å²) in [6, 6.07) is 15.4. The molecule has 3 N–H and O–H groups in total. The Hall–Kier alpha value is -2.08. The maximum atomic E-state index is 9.92. The SMILES string of the molecule is COc1ccc(Oc2cccc(CN3CC[C@@H](N)[C@H](O)C3)c2)cc1. The van der Waals surface area contributed by atoms with E-state index in [1.807, 2.05) is 42.5 Å². The molecule has 24 heavy (non-hydrogen) atoms. The van der Waals surface area contributed by atoms with Gasteiger partial charge in [0.25, 0.3) is 0 Å². The van der Waals surface area contributed by atoms with Gasteiger partial charge < -0.3 is 20.3 Å². The molecular weight excluding hydrogens is 304 g/mol. The monoisotopic (exact) mass is 328 g/mol. The van der Waals surface area contributed by atoms with E-state index in [1.54, 1.807) is 7.11 Å². The van der Waals surface area contributed by atoms with Crippen molar-refractivity contribution in [3.05, 3.63) is 54.1 Å². The summed E-state index contributed by atoms with van der Waals surface area (Å²) in [6.45, 7) is 2.30. The maximum absolute atomic E-state index is 9.92. The quantitative estimate of drug-likeness (QED) is 0.882. The predicted molar refractivity (Wildman–Crippen MR) is 93.4 cm³/mol. The van der Waals surface area contributed by atoms with Crippen LogP contribution in [0.4, 0.5) is 0 Å². The number of aliphatic hydroxyl groups is 1. The highest BCUT2D eigenvalue weighted by atomic mass is 16.5. The number of hydrogen-bond donors (Lipinski definition) is 2. The van der Waals surface area contributed by atoms with Crippen LogP contribution in [0.5, 0.6) is 17.2 Å². The first-order chi connectivity index (χ1) is 11.6. The number of nitrogens with two attached hydrogens (primary N) is 1. The largest absolute Gasteiger partial charge is 0.497 e. The molecule has 0 unspecified atom stereocenters. The molecule has 0 spiro atoms. The molecule has 5 heteroatoms. The summed E-state index contributed by atoms with van der Waals surface area (Å²) in [7, 11) is 1.64. The number of rotatable bonds is 5.